The zero-order chi connectivity index (χ0) is 59.2. The number of alkyl halides is 3. The average molecular weight is 1170 g/mol. The molecule has 0 heterocycles. The molecule has 4 fully saturated rings. The molecule has 0 aromatic heterocycles. The van der Waals surface area contributed by atoms with Crippen LogP contribution in [0.1, 0.15) is 206 Å². The summed E-state index contributed by atoms with van der Waals surface area (Å²) in [5.74, 6) is -1.40. The average Bonchev–Trinajstić information content (AvgIpc) is 3.32. The van der Waals surface area contributed by atoms with Crippen LogP contribution in [0, 0.1) is 45.3 Å². The molecule has 448 valence electrons. The fraction of sp³-hybridized carbons (Fsp3) is 0.911. The van der Waals surface area contributed by atoms with Crippen molar-refractivity contribution in [3.63, 3.8) is 0 Å². The van der Waals surface area contributed by atoms with Crippen molar-refractivity contribution in [2.24, 2.45) is 45.3 Å². The molecule has 77 heavy (non-hydrogen) atoms. The van der Waals surface area contributed by atoms with E-state index in [4.69, 9.17) is 28.2 Å². The SMILES string of the molecule is CCC(C)(C)C(=O)OC12CC3CC(C1)CC(C(=O)[N-]S(=O)(=O)C(F)(F)F)(C3)C2.CCC(C)(C)C(=O)OCCO.CCCCC(CC)COC(=O)C(C)CC.CCCC[Si](C)(C)O[Si](C)(C)CCCOC(=O)C(C)(C)CC.[Na+]. The molecule has 4 bridgehead atoms. The maximum Gasteiger partial charge on any atom is 1.00 e. The van der Waals surface area contributed by atoms with Gasteiger partial charge in [-0.2, -0.15) is 13.2 Å². The van der Waals surface area contributed by atoms with Gasteiger partial charge in [-0.05, 0) is 175 Å². The van der Waals surface area contributed by atoms with Gasteiger partial charge in [-0.1, -0.05) is 87.5 Å². The van der Waals surface area contributed by atoms with E-state index in [-0.39, 0.29) is 103 Å². The number of rotatable bonds is 28. The van der Waals surface area contributed by atoms with Crippen molar-refractivity contribution >= 4 is 56.4 Å². The van der Waals surface area contributed by atoms with Gasteiger partial charge in [-0.15, -0.1) is 0 Å². The van der Waals surface area contributed by atoms with Crippen LogP contribution in [-0.4, -0.2) is 97.5 Å². The van der Waals surface area contributed by atoms with Crippen LogP contribution in [0.25, 0.3) is 4.72 Å². The zero-order valence-electron chi connectivity index (χ0n) is 51.4. The van der Waals surface area contributed by atoms with E-state index < -0.39 is 65.9 Å². The Labute approximate surface area is 488 Å². The van der Waals surface area contributed by atoms with Crippen LogP contribution in [-0.2, 0) is 57.1 Å². The fourth-order valence-corrected chi connectivity index (χ4v) is 19.1. The molecule has 4 unspecified atom stereocenters. The summed E-state index contributed by atoms with van der Waals surface area (Å²) in [6.07, 6.45) is 13.7. The zero-order valence-corrected chi connectivity index (χ0v) is 56.2. The molecular weight excluding hydrogens is 1060 g/mol. The van der Waals surface area contributed by atoms with E-state index in [2.05, 4.69) is 51.7 Å². The third-order valence-electron chi connectivity index (χ3n) is 15.8. The summed E-state index contributed by atoms with van der Waals surface area (Å²) in [5, 5.41) is 8.38. The van der Waals surface area contributed by atoms with E-state index in [1.807, 2.05) is 62.3 Å². The number of esters is 4. The van der Waals surface area contributed by atoms with Crippen LogP contribution in [0.4, 0.5) is 13.2 Å². The molecule has 0 aromatic rings. The third kappa shape index (κ3) is 26.9. The van der Waals surface area contributed by atoms with Gasteiger partial charge >= 0.3 is 58.9 Å². The van der Waals surface area contributed by atoms with Crippen LogP contribution >= 0.6 is 0 Å². The van der Waals surface area contributed by atoms with E-state index in [0.717, 1.165) is 44.6 Å². The molecule has 1 N–H and O–H groups in total. The van der Waals surface area contributed by atoms with Crippen LogP contribution in [0.5, 0.6) is 0 Å². The molecule has 4 rings (SSSR count). The van der Waals surface area contributed by atoms with E-state index in [1.54, 1.807) is 13.8 Å². The summed E-state index contributed by atoms with van der Waals surface area (Å²) in [5.41, 5.74) is -9.35. The third-order valence-corrected chi connectivity index (χ3v) is 24.3. The second-order valence-electron chi connectivity index (χ2n) is 25.0. The predicted octanol–water partition coefficient (Wildman–Crippen LogP) is 11.4. The molecule has 1 amide bonds. The van der Waals surface area contributed by atoms with Crippen molar-refractivity contribution in [2.75, 3.05) is 26.4 Å². The number of nitrogens with zero attached hydrogens (tertiary/aromatic N) is 1. The van der Waals surface area contributed by atoms with Gasteiger partial charge in [-0.3, -0.25) is 19.2 Å². The number of hydrogen-bond donors (Lipinski definition) is 1. The number of halogens is 3. The summed E-state index contributed by atoms with van der Waals surface area (Å²) in [6, 6.07) is 2.31. The number of aliphatic hydroxyl groups excluding tert-OH is 1. The van der Waals surface area contributed by atoms with Gasteiger partial charge < -0.3 is 37.7 Å². The molecule has 21 heteroatoms. The van der Waals surface area contributed by atoms with Gasteiger partial charge in [0.1, 0.15) is 12.2 Å². The summed E-state index contributed by atoms with van der Waals surface area (Å²) in [4.78, 5) is 59.8. The maximum absolute atomic E-state index is 12.7. The van der Waals surface area contributed by atoms with Gasteiger partial charge in [0.05, 0.1) is 47.9 Å². The molecule has 0 radical (unpaired) electrons. The van der Waals surface area contributed by atoms with Gasteiger partial charge in [0.15, 0.2) is 26.7 Å². The molecule has 4 aliphatic rings. The van der Waals surface area contributed by atoms with Gasteiger partial charge in [0.25, 0.3) is 0 Å². The number of aliphatic hydroxyl groups is 1. The predicted molar refractivity (Wildman–Crippen MR) is 299 cm³/mol. The molecule has 4 saturated carbocycles. The largest absolute Gasteiger partial charge is 1.00 e. The number of carbonyl (C=O) groups excluding carboxylic acids is 5. The van der Waals surface area contributed by atoms with Gasteiger partial charge in [0.2, 0.25) is 0 Å². The summed E-state index contributed by atoms with van der Waals surface area (Å²) >= 11 is 0. The number of ether oxygens (including phenoxy) is 4. The Bertz CT molecular complexity index is 1900. The van der Waals surface area contributed by atoms with E-state index >= 15 is 0 Å². The molecule has 14 nitrogen and oxygen atoms in total. The molecule has 0 aromatic carbocycles. The van der Waals surface area contributed by atoms with Crippen molar-refractivity contribution in [3.8, 4) is 0 Å². The van der Waals surface area contributed by atoms with Crippen LogP contribution < -0.4 is 29.6 Å². The topological polar surface area (TPSA) is 200 Å². The smallest absolute Gasteiger partial charge is 0.538 e. The van der Waals surface area contributed by atoms with E-state index in [1.165, 1.54) is 38.1 Å². The number of hydrogen-bond acceptors (Lipinski definition) is 13. The minimum absolute atomic E-state index is 0. The fourth-order valence-electron chi connectivity index (χ4n) is 9.63. The Morgan fingerprint density at radius 3 is 1.55 bits per heavy atom. The van der Waals surface area contributed by atoms with Gasteiger partial charge in [-0.25, -0.2) is 8.42 Å². The summed E-state index contributed by atoms with van der Waals surface area (Å²) < 4.78 is 91.4. The second-order valence-corrected chi connectivity index (χ2v) is 35.5. The monoisotopic (exact) mass is 1170 g/mol. The summed E-state index contributed by atoms with van der Waals surface area (Å²) in [6.45, 7) is 37.8. The van der Waals surface area contributed by atoms with Crippen molar-refractivity contribution < 1.29 is 103 Å². The Morgan fingerprint density at radius 2 is 1.13 bits per heavy atom. The first-order valence-electron chi connectivity index (χ1n) is 28.4. The normalized spacial score (nSPS) is 21.0. The van der Waals surface area contributed by atoms with Crippen LogP contribution in [0.3, 0.4) is 0 Å². The van der Waals surface area contributed by atoms with Gasteiger partial charge in [0, 0.05) is 5.41 Å². The van der Waals surface area contributed by atoms with Crippen molar-refractivity contribution in [3.05, 3.63) is 4.72 Å². The number of carbonyl (C=O) groups is 5. The molecule has 4 aliphatic carbocycles. The Hall–Kier alpha value is -1.56. The standard InChI is InChI=1S/C18H26F3NO5S.C17H38O3Si2.C13H26O2.C8H16O3.Na/c1-4-15(2,3)14(24)27-17-8-11-5-12(9-17)7-16(6-11,10-17)13(23)22-28(25,26)18(19,20)21;1-9-11-14-21(5,6)20-22(7,8)15-12-13-19-16(18)17(3,4)10-2;1-5-8-9-12(7-3)10-15-13(14)11(4)6-2;1-4-8(2,3)7(10)11-6-5-9;/h11-12H,4-10H2,1-3H3,(H,22,23);9-15H2,1-8H3;11-12H,5-10H2,1-4H3;9H,4-6H2,1-3H3;/q;;;;+1/p-1. The second kappa shape index (κ2) is 34.1. The molecule has 0 spiro atoms. The number of sulfonamides is 1. The maximum atomic E-state index is 12.7. The van der Waals surface area contributed by atoms with E-state index in [9.17, 15) is 45.6 Å². The summed E-state index contributed by atoms with van der Waals surface area (Å²) in [7, 11) is -9.06. The molecule has 0 aliphatic heterocycles. The first kappa shape index (κ1) is 77.5. The minimum Gasteiger partial charge on any atom is -0.538 e. The first-order valence-corrected chi connectivity index (χ1v) is 36.1. The van der Waals surface area contributed by atoms with Crippen molar-refractivity contribution in [1.29, 1.82) is 0 Å². The first-order chi connectivity index (χ1) is 34.8. The number of amides is 1. The minimum atomic E-state index is -5.89. The van der Waals surface area contributed by atoms with E-state index in [0.29, 0.717) is 38.4 Å². The molecule has 4 atom stereocenters. The van der Waals surface area contributed by atoms with Crippen LogP contribution in [0.2, 0.25) is 38.3 Å². The number of unbranched alkanes of at least 4 members (excludes halogenated alkanes) is 2. The van der Waals surface area contributed by atoms with Crippen LogP contribution in [0.15, 0.2) is 0 Å². The Balaban J connectivity index is 0. The molecule has 0 saturated heterocycles. The quantitative estimate of drug-likeness (QED) is 0.0336. The van der Waals surface area contributed by atoms with Crippen molar-refractivity contribution in [1.82, 2.24) is 0 Å². The van der Waals surface area contributed by atoms with Crippen molar-refractivity contribution in [2.45, 2.75) is 255 Å². The Morgan fingerprint density at radius 1 is 0.675 bits per heavy atom. The Kier molecular flexibility index (Phi) is 34.4. The molecular formula is C56H105F3NNaO13SSi2.